The summed E-state index contributed by atoms with van der Waals surface area (Å²) in [6, 6.07) is 22.9. The third-order valence-electron chi connectivity index (χ3n) is 4.44. The van der Waals surface area contributed by atoms with Crippen LogP contribution >= 0.6 is 11.8 Å². The maximum atomic E-state index is 12.3. The molecule has 0 atom stereocenters. The predicted molar refractivity (Wildman–Crippen MR) is 115 cm³/mol. The molecule has 2 aromatic heterocycles. The molecular formula is C22H19N5O2S. The van der Waals surface area contributed by atoms with Gasteiger partial charge >= 0.3 is 0 Å². The van der Waals surface area contributed by atoms with E-state index in [0.29, 0.717) is 16.7 Å². The van der Waals surface area contributed by atoms with Crippen molar-refractivity contribution in [2.75, 3.05) is 5.75 Å². The monoisotopic (exact) mass is 417 g/mol. The van der Waals surface area contributed by atoms with Gasteiger partial charge in [0.25, 0.3) is 5.91 Å². The lowest BCUT2D eigenvalue weighted by molar-refractivity contribution is -0.117. The number of aryl methyl sites for hydroxylation is 1. The number of thioether (sulfide) groups is 1. The van der Waals surface area contributed by atoms with Crippen molar-refractivity contribution in [3.8, 4) is 17.1 Å². The molecule has 30 heavy (non-hydrogen) atoms. The maximum absolute atomic E-state index is 12.3. The van der Waals surface area contributed by atoms with Gasteiger partial charge in [0.05, 0.1) is 5.75 Å². The molecule has 150 valence electrons. The fraction of sp³-hybridized carbons (Fsp3) is 0.0909. The molecule has 0 aliphatic carbocycles. The zero-order valence-electron chi connectivity index (χ0n) is 16.2. The molecule has 2 heterocycles. The number of imide groups is 1. The number of hydrogen-bond donors (Lipinski definition) is 1. The number of carbonyl (C=O) groups excluding carboxylic acids is 2. The van der Waals surface area contributed by atoms with Gasteiger partial charge in [-0.2, -0.15) is 0 Å². The van der Waals surface area contributed by atoms with E-state index in [2.05, 4.69) is 15.5 Å². The number of rotatable bonds is 6. The van der Waals surface area contributed by atoms with E-state index in [1.165, 1.54) is 11.8 Å². The van der Waals surface area contributed by atoms with Gasteiger partial charge in [-0.25, -0.2) is 0 Å². The van der Waals surface area contributed by atoms with Crippen LogP contribution in [0.15, 0.2) is 84.1 Å². The molecule has 2 aromatic carbocycles. The zero-order valence-corrected chi connectivity index (χ0v) is 17.0. The first-order chi connectivity index (χ1) is 14.6. The maximum Gasteiger partial charge on any atom is 0.274 e. The highest BCUT2D eigenvalue weighted by Crippen LogP contribution is 2.27. The molecule has 8 heteroatoms. The van der Waals surface area contributed by atoms with E-state index in [-0.39, 0.29) is 5.75 Å². The van der Waals surface area contributed by atoms with Crippen molar-refractivity contribution in [3.05, 3.63) is 84.7 Å². The molecule has 4 aromatic rings. The van der Waals surface area contributed by atoms with Crippen LogP contribution in [0.3, 0.4) is 0 Å². The Kier molecular flexibility index (Phi) is 5.76. The summed E-state index contributed by atoms with van der Waals surface area (Å²) in [4.78, 5) is 24.6. The Bertz CT molecular complexity index is 1170. The predicted octanol–water partition coefficient (Wildman–Crippen LogP) is 3.32. The molecule has 0 fully saturated rings. The third-order valence-corrected chi connectivity index (χ3v) is 5.37. The SMILES string of the molecule is Cn1cccc1C(=O)NC(=O)CSc1nnc(-c2ccccc2)n1-c1ccccc1. The molecule has 0 saturated carbocycles. The summed E-state index contributed by atoms with van der Waals surface area (Å²) in [6.45, 7) is 0. The van der Waals surface area contributed by atoms with Crippen LogP contribution in [0.1, 0.15) is 10.5 Å². The summed E-state index contributed by atoms with van der Waals surface area (Å²) in [6.07, 6.45) is 1.75. The number of amides is 2. The number of aromatic nitrogens is 4. The van der Waals surface area contributed by atoms with Gasteiger partial charge in [-0.1, -0.05) is 60.3 Å². The Balaban J connectivity index is 1.54. The second-order valence-corrected chi connectivity index (χ2v) is 7.46. The first-order valence-electron chi connectivity index (χ1n) is 9.28. The number of para-hydroxylation sites is 1. The summed E-state index contributed by atoms with van der Waals surface area (Å²) in [7, 11) is 1.75. The van der Waals surface area contributed by atoms with E-state index in [9.17, 15) is 9.59 Å². The molecule has 1 N–H and O–H groups in total. The highest BCUT2D eigenvalue weighted by Gasteiger charge is 2.18. The van der Waals surface area contributed by atoms with Crippen LogP contribution in [0.5, 0.6) is 0 Å². The van der Waals surface area contributed by atoms with Crippen LogP contribution in [-0.2, 0) is 11.8 Å². The Morgan fingerprint density at radius 3 is 2.30 bits per heavy atom. The minimum absolute atomic E-state index is 0.0376. The second kappa shape index (κ2) is 8.79. The number of carbonyl (C=O) groups is 2. The number of hydrogen-bond acceptors (Lipinski definition) is 5. The summed E-state index contributed by atoms with van der Waals surface area (Å²) >= 11 is 1.23. The molecule has 0 spiro atoms. The highest BCUT2D eigenvalue weighted by atomic mass is 32.2. The zero-order chi connectivity index (χ0) is 20.9. The Morgan fingerprint density at radius 2 is 1.63 bits per heavy atom. The van der Waals surface area contributed by atoms with E-state index in [1.54, 1.807) is 29.9 Å². The third kappa shape index (κ3) is 4.18. The van der Waals surface area contributed by atoms with Crippen molar-refractivity contribution >= 4 is 23.6 Å². The van der Waals surface area contributed by atoms with Crippen molar-refractivity contribution in [1.29, 1.82) is 0 Å². The summed E-state index contributed by atoms with van der Waals surface area (Å²) < 4.78 is 3.57. The molecule has 0 saturated heterocycles. The first-order valence-corrected chi connectivity index (χ1v) is 10.3. The minimum Gasteiger partial charge on any atom is -0.347 e. The Hall–Kier alpha value is -3.65. The van der Waals surface area contributed by atoms with E-state index in [0.717, 1.165) is 11.3 Å². The standard InChI is InChI=1S/C22H19N5O2S/c1-26-14-8-13-18(26)21(29)23-19(28)15-30-22-25-24-20(16-9-4-2-5-10-16)27(22)17-11-6-3-7-12-17/h2-14H,15H2,1H3,(H,23,28,29). The quantitative estimate of drug-likeness (QED) is 0.487. The minimum atomic E-state index is -0.428. The largest absolute Gasteiger partial charge is 0.347 e. The van der Waals surface area contributed by atoms with E-state index in [1.807, 2.05) is 65.2 Å². The molecule has 4 rings (SSSR count). The van der Waals surface area contributed by atoms with Gasteiger partial charge in [-0.15, -0.1) is 10.2 Å². The first kappa shape index (κ1) is 19.7. The number of nitrogens with one attached hydrogen (secondary N) is 1. The lowest BCUT2D eigenvalue weighted by Gasteiger charge is -2.10. The van der Waals surface area contributed by atoms with Gasteiger partial charge in [0, 0.05) is 24.5 Å². The van der Waals surface area contributed by atoms with Gasteiger partial charge in [0.2, 0.25) is 5.91 Å². The highest BCUT2D eigenvalue weighted by molar-refractivity contribution is 7.99. The van der Waals surface area contributed by atoms with Crippen LogP contribution in [-0.4, -0.2) is 36.9 Å². The molecule has 0 aliphatic rings. The van der Waals surface area contributed by atoms with Crippen molar-refractivity contribution in [2.45, 2.75) is 5.16 Å². The lowest BCUT2D eigenvalue weighted by Crippen LogP contribution is -2.33. The van der Waals surface area contributed by atoms with E-state index < -0.39 is 11.8 Å². The normalized spacial score (nSPS) is 10.7. The van der Waals surface area contributed by atoms with Crippen LogP contribution in [0.2, 0.25) is 0 Å². The molecule has 0 bridgehead atoms. The van der Waals surface area contributed by atoms with Gasteiger partial charge in [0.1, 0.15) is 5.69 Å². The molecule has 0 aliphatic heterocycles. The Morgan fingerprint density at radius 1 is 0.933 bits per heavy atom. The van der Waals surface area contributed by atoms with E-state index >= 15 is 0 Å². The van der Waals surface area contributed by atoms with E-state index in [4.69, 9.17) is 0 Å². The van der Waals surface area contributed by atoms with Gasteiger partial charge in [0.15, 0.2) is 11.0 Å². The van der Waals surface area contributed by atoms with Gasteiger partial charge in [-0.05, 0) is 24.3 Å². The summed E-state index contributed by atoms with van der Waals surface area (Å²) in [5.41, 5.74) is 2.24. The average Bonchev–Trinajstić information content (AvgIpc) is 3.39. The van der Waals surface area contributed by atoms with Crippen molar-refractivity contribution in [1.82, 2.24) is 24.6 Å². The molecule has 0 unspecified atom stereocenters. The number of nitrogens with zero attached hydrogens (tertiary/aromatic N) is 4. The van der Waals surface area contributed by atoms with Crippen molar-refractivity contribution < 1.29 is 9.59 Å². The molecule has 0 radical (unpaired) electrons. The summed E-state index contributed by atoms with van der Waals surface area (Å²) in [5, 5.41) is 11.6. The molecule has 7 nitrogen and oxygen atoms in total. The topological polar surface area (TPSA) is 81.8 Å². The van der Waals surface area contributed by atoms with Crippen molar-refractivity contribution in [3.63, 3.8) is 0 Å². The second-order valence-electron chi connectivity index (χ2n) is 6.51. The smallest absolute Gasteiger partial charge is 0.274 e. The van der Waals surface area contributed by atoms with Crippen LogP contribution in [0.4, 0.5) is 0 Å². The molecule has 2 amide bonds. The van der Waals surface area contributed by atoms with Crippen LogP contribution in [0.25, 0.3) is 17.1 Å². The number of benzene rings is 2. The molecular weight excluding hydrogens is 398 g/mol. The van der Waals surface area contributed by atoms with Gasteiger partial charge < -0.3 is 4.57 Å². The summed E-state index contributed by atoms with van der Waals surface area (Å²) in [5.74, 6) is -0.0992. The van der Waals surface area contributed by atoms with Crippen LogP contribution in [0, 0.1) is 0 Å². The fourth-order valence-corrected chi connectivity index (χ4v) is 3.75. The van der Waals surface area contributed by atoms with Gasteiger partial charge in [-0.3, -0.25) is 19.5 Å². The van der Waals surface area contributed by atoms with Crippen molar-refractivity contribution in [2.24, 2.45) is 7.05 Å². The lowest BCUT2D eigenvalue weighted by atomic mass is 10.2. The Labute approximate surface area is 177 Å². The fourth-order valence-electron chi connectivity index (χ4n) is 3.00. The average molecular weight is 417 g/mol. The van der Waals surface area contributed by atoms with Crippen LogP contribution < -0.4 is 5.32 Å².